The molecule has 18 heavy (non-hydrogen) atoms. The molecule has 0 aliphatic heterocycles. The summed E-state index contributed by atoms with van der Waals surface area (Å²) in [5, 5.41) is 20.2. The molecule has 1 amide bonds. The molecular formula is C12H23NO4S. The molecule has 0 saturated carbocycles. The molecule has 0 aromatic carbocycles. The molecule has 6 heteroatoms. The van der Waals surface area contributed by atoms with E-state index in [2.05, 4.69) is 24.5 Å². The summed E-state index contributed by atoms with van der Waals surface area (Å²) in [6, 6.07) is 0. The first-order valence-corrected chi connectivity index (χ1v) is 6.37. The number of carboxylic acids is 1. The van der Waals surface area contributed by atoms with Gasteiger partial charge in [-0.3, -0.25) is 9.59 Å². The van der Waals surface area contributed by atoms with Crippen LogP contribution in [0.3, 0.4) is 0 Å². The van der Waals surface area contributed by atoms with Gasteiger partial charge in [-0.15, -0.1) is 6.58 Å². The highest BCUT2D eigenvalue weighted by atomic mass is 32.1. The number of aliphatic hydroxyl groups excluding tert-OH is 1. The van der Waals surface area contributed by atoms with E-state index in [1.54, 1.807) is 6.08 Å². The van der Waals surface area contributed by atoms with Crippen molar-refractivity contribution in [1.82, 2.24) is 5.32 Å². The van der Waals surface area contributed by atoms with Crippen LogP contribution in [-0.2, 0) is 9.59 Å². The van der Waals surface area contributed by atoms with E-state index in [0.717, 1.165) is 0 Å². The Balaban J connectivity index is 0. The minimum atomic E-state index is -0.957. The molecule has 5 nitrogen and oxygen atoms in total. The first-order chi connectivity index (χ1) is 8.36. The molecule has 0 rings (SSSR count). The lowest BCUT2D eigenvalue weighted by Gasteiger charge is -2.12. The molecule has 0 aliphatic carbocycles. The maximum atomic E-state index is 10.3. The third-order valence-electron chi connectivity index (χ3n) is 2.12. The van der Waals surface area contributed by atoms with Gasteiger partial charge in [-0.25, -0.2) is 0 Å². The Morgan fingerprint density at radius 3 is 2.33 bits per heavy atom. The molecule has 0 aliphatic rings. The fourth-order valence-corrected chi connectivity index (χ4v) is 1.05. The Morgan fingerprint density at radius 1 is 1.50 bits per heavy atom. The quantitative estimate of drug-likeness (QED) is 0.414. The third kappa shape index (κ3) is 13.1. The second-order valence-electron chi connectivity index (χ2n) is 3.77. The van der Waals surface area contributed by atoms with Gasteiger partial charge >= 0.3 is 5.97 Å². The number of rotatable bonds is 7. The van der Waals surface area contributed by atoms with Crippen molar-refractivity contribution < 1.29 is 19.8 Å². The number of thiol groups is 1. The Bertz CT molecular complexity index is 258. The molecule has 106 valence electrons. The maximum Gasteiger partial charge on any atom is 0.308 e. The Labute approximate surface area is 114 Å². The van der Waals surface area contributed by atoms with Crippen molar-refractivity contribution in [2.45, 2.75) is 32.8 Å². The number of carbonyl (C=O) groups is 2. The minimum Gasteiger partial charge on any atom is -0.481 e. The van der Waals surface area contributed by atoms with E-state index in [0.29, 0.717) is 25.1 Å². The zero-order chi connectivity index (χ0) is 14.6. The van der Waals surface area contributed by atoms with Crippen molar-refractivity contribution in [2.75, 3.05) is 12.3 Å². The predicted octanol–water partition coefficient (Wildman–Crippen LogP) is 1.09. The molecule has 0 saturated heterocycles. The summed E-state index contributed by atoms with van der Waals surface area (Å²) in [4.78, 5) is 20.4. The molecule has 0 radical (unpaired) electrons. The van der Waals surface area contributed by atoms with E-state index in [9.17, 15) is 14.7 Å². The van der Waals surface area contributed by atoms with Crippen LogP contribution in [0.1, 0.15) is 26.7 Å². The van der Waals surface area contributed by atoms with E-state index in [4.69, 9.17) is 5.11 Å². The van der Waals surface area contributed by atoms with Gasteiger partial charge in [0.2, 0.25) is 5.91 Å². The number of amides is 1. The van der Waals surface area contributed by atoms with Crippen molar-refractivity contribution in [3.8, 4) is 0 Å². The van der Waals surface area contributed by atoms with Crippen molar-refractivity contribution in [2.24, 2.45) is 5.92 Å². The number of aliphatic hydroxyl groups is 1. The van der Waals surface area contributed by atoms with Crippen LogP contribution in [0.5, 0.6) is 0 Å². The van der Waals surface area contributed by atoms with E-state index >= 15 is 0 Å². The normalized spacial score (nSPS) is 12.7. The highest BCUT2D eigenvalue weighted by Gasteiger charge is 2.19. The lowest BCUT2D eigenvalue weighted by Crippen LogP contribution is -2.24. The fraction of sp³-hybridized carbons (Fsp3) is 0.667. The zero-order valence-electron chi connectivity index (χ0n) is 10.9. The average Bonchev–Trinajstić information content (AvgIpc) is 2.32. The summed E-state index contributed by atoms with van der Waals surface area (Å²) in [5.41, 5.74) is 0. The zero-order valence-corrected chi connectivity index (χ0v) is 11.8. The van der Waals surface area contributed by atoms with Crippen molar-refractivity contribution in [1.29, 1.82) is 0 Å². The second kappa shape index (κ2) is 12.4. The molecular weight excluding hydrogens is 254 g/mol. The standard InChI is InChI=1S/C8H14O3.C4H9NOS/c1-3-4-5-7(9)6(2)8(10)11;1-4(6)5-2-3-7/h3,6-7,9H,1,4-5H2,2H3,(H,10,11);7H,2-3H2,1H3,(H,5,6). The number of allylic oxidation sites excluding steroid dienone is 1. The van der Waals surface area contributed by atoms with Crippen LogP contribution in [0.15, 0.2) is 12.7 Å². The number of hydrogen-bond acceptors (Lipinski definition) is 4. The van der Waals surface area contributed by atoms with Gasteiger partial charge in [0.15, 0.2) is 0 Å². The summed E-state index contributed by atoms with van der Waals surface area (Å²) in [6.07, 6.45) is 2.03. The van der Waals surface area contributed by atoms with Crippen LogP contribution in [0.2, 0.25) is 0 Å². The van der Waals surface area contributed by atoms with Crippen LogP contribution in [0, 0.1) is 5.92 Å². The maximum absolute atomic E-state index is 10.3. The number of carboxylic acid groups (broad SMARTS) is 1. The van der Waals surface area contributed by atoms with E-state index in [1.165, 1.54) is 13.8 Å². The highest BCUT2D eigenvalue weighted by Crippen LogP contribution is 2.09. The highest BCUT2D eigenvalue weighted by molar-refractivity contribution is 7.80. The number of aliphatic carboxylic acids is 1. The van der Waals surface area contributed by atoms with Crippen LogP contribution in [0.4, 0.5) is 0 Å². The second-order valence-corrected chi connectivity index (χ2v) is 4.21. The molecule has 0 aromatic rings. The lowest BCUT2D eigenvalue weighted by molar-refractivity contribution is -0.144. The van der Waals surface area contributed by atoms with Gasteiger partial charge in [-0.2, -0.15) is 12.6 Å². The summed E-state index contributed by atoms with van der Waals surface area (Å²) in [6.45, 7) is 7.13. The van der Waals surface area contributed by atoms with Gasteiger partial charge < -0.3 is 15.5 Å². The lowest BCUT2D eigenvalue weighted by atomic mass is 10.0. The first-order valence-electron chi connectivity index (χ1n) is 5.73. The molecule has 0 aromatic heterocycles. The number of hydrogen-bond donors (Lipinski definition) is 4. The van der Waals surface area contributed by atoms with E-state index in [1.807, 2.05) is 0 Å². The molecule has 0 spiro atoms. The number of nitrogens with one attached hydrogen (secondary N) is 1. The summed E-state index contributed by atoms with van der Waals surface area (Å²) < 4.78 is 0. The molecule has 2 atom stereocenters. The predicted molar refractivity (Wildman–Crippen MR) is 74.8 cm³/mol. The Morgan fingerprint density at radius 2 is 2.06 bits per heavy atom. The first kappa shape index (κ1) is 19.3. The van der Waals surface area contributed by atoms with Gasteiger partial charge in [0.1, 0.15) is 0 Å². The van der Waals surface area contributed by atoms with Crippen LogP contribution in [-0.4, -0.2) is 40.5 Å². The fourth-order valence-electron chi connectivity index (χ4n) is 0.935. The van der Waals surface area contributed by atoms with Gasteiger partial charge in [-0.05, 0) is 19.8 Å². The smallest absolute Gasteiger partial charge is 0.308 e. The van der Waals surface area contributed by atoms with Gasteiger partial charge in [-0.1, -0.05) is 6.08 Å². The monoisotopic (exact) mass is 277 g/mol. The topological polar surface area (TPSA) is 86.6 Å². The van der Waals surface area contributed by atoms with Crippen LogP contribution < -0.4 is 5.32 Å². The molecule has 0 bridgehead atoms. The molecule has 3 N–H and O–H groups in total. The van der Waals surface area contributed by atoms with Gasteiger partial charge in [0.25, 0.3) is 0 Å². The van der Waals surface area contributed by atoms with Crippen LogP contribution >= 0.6 is 12.6 Å². The largest absolute Gasteiger partial charge is 0.481 e. The van der Waals surface area contributed by atoms with Crippen molar-refractivity contribution in [3.63, 3.8) is 0 Å². The van der Waals surface area contributed by atoms with Gasteiger partial charge in [0.05, 0.1) is 12.0 Å². The minimum absolute atomic E-state index is 0.00838. The van der Waals surface area contributed by atoms with Crippen LogP contribution in [0.25, 0.3) is 0 Å². The van der Waals surface area contributed by atoms with Gasteiger partial charge in [0, 0.05) is 19.2 Å². The van der Waals surface area contributed by atoms with Crippen molar-refractivity contribution in [3.05, 3.63) is 12.7 Å². The van der Waals surface area contributed by atoms with E-state index < -0.39 is 18.0 Å². The summed E-state index contributed by atoms with van der Waals surface area (Å²) in [7, 11) is 0. The average molecular weight is 277 g/mol. The Kier molecular flexibility index (Phi) is 13.4. The van der Waals surface area contributed by atoms with E-state index in [-0.39, 0.29) is 5.91 Å². The summed E-state index contributed by atoms with van der Waals surface area (Å²) in [5.74, 6) is -0.926. The SMILES string of the molecule is C=CCCC(O)C(C)C(=O)O.CC(=O)NCCS. The number of carbonyl (C=O) groups excluding carboxylic acids is 1. The third-order valence-corrected chi connectivity index (χ3v) is 2.34. The molecule has 2 unspecified atom stereocenters. The summed E-state index contributed by atoms with van der Waals surface area (Å²) >= 11 is 3.88. The van der Waals surface area contributed by atoms with Crippen molar-refractivity contribution >= 4 is 24.5 Å². The molecule has 0 fully saturated rings. The molecule has 0 heterocycles. The Hall–Kier alpha value is -1.01.